The molecule has 16 heavy (non-hydrogen) atoms. The molecular weight excluding hydrogens is 198 g/mol. The molecular formula is C14H27NO. The Bertz CT molecular complexity index is 227. The van der Waals surface area contributed by atoms with Crippen molar-refractivity contribution in [2.45, 2.75) is 59.7 Å². The molecule has 2 heteroatoms. The van der Waals surface area contributed by atoms with Crippen LogP contribution in [0.25, 0.3) is 0 Å². The largest absolute Gasteiger partial charge is 0.372 e. The normalized spacial score (nSPS) is 13.4. The van der Waals surface area contributed by atoms with E-state index in [0.717, 1.165) is 26.1 Å². The van der Waals surface area contributed by atoms with Gasteiger partial charge >= 0.3 is 0 Å². The molecule has 0 aliphatic rings. The summed E-state index contributed by atoms with van der Waals surface area (Å²) >= 11 is 0. The monoisotopic (exact) mass is 225 g/mol. The first-order chi connectivity index (χ1) is 7.39. The van der Waals surface area contributed by atoms with Gasteiger partial charge in [0.1, 0.15) is 0 Å². The Kier molecular flexibility index (Phi) is 7.45. The minimum atomic E-state index is -0.0695. The molecule has 0 fully saturated rings. The van der Waals surface area contributed by atoms with E-state index in [1.807, 2.05) is 0 Å². The van der Waals surface area contributed by atoms with Gasteiger partial charge in [0.25, 0.3) is 0 Å². The van der Waals surface area contributed by atoms with Crippen molar-refractivity contribution in [3.05, 3.63) is 0 Å². The molecule has 0 radical (unpaired) electrons. The lowest BCUT2D eigenvalue weighted by Gasteiger charge is -2.23. The van der Waals surface area contributed by atoms with Crippen molar-refractivity contribution in [3.8, 4) is 11.8 Å². The molecule has 0 heterocycles. The van der Waals surface area contributed by atoms with Gasteiger partial charge in [-0.1, -0.05) is 25.7 Å². The molecule has 0 bridgehead atoms. The molecule has 0 aliphatic heterocycles. The van der Waals surface area contributed by atoms with Gasteiger partial charge < -0.3 is 4.74 Å². The fourth-order valence-corrected chi connectivity index (χ4v) is 1.48. The summed E-state index contributed by atoms with van der Waals surface area (Å²) in [6.45, 7) is 15.6. The number of rotatable bonds is 5. The van der Waals surface area contributed by atoms with Gasteiger partial charge in [0.15, 0.2) is 0 Å². The highest BCUT2D eigenvalue weighted by Gasteiger charge is 2.13. The zero-order valence-electron chi connectivity index (χ0n) is 11.8. The molecule has 0 N–H and O–H groups in total. The van der Waals surface area contributed by atoms with Crippen molar-refractivity contribution >= 4 is 0 Å². The minimum absolute atomic E-state index is 0.0695. The van der Waals surface area contributed by atoms with Crippen LogP contribution in [0, 0.1) is 11.8 Å². The van der Waals surface area contributed by atoms with Crippen molar-refractivity contribution in [2.24, 2.45) is 0 Å². The molecule has 1 atom stereocenters. The van der Waals surface area contributed by atoms with Crippen molar-refractivity contribution in [2.75, 3.05) is 19.6 Å². The van der Waals surface area contributed by atoms with Crippen LogP contribution in [0.15, 0.2) is 0 Å². The highest BCUT2D eigenvalue weighted by atomic mass is 16.5. The topological polar surface area (TPSA) is 12.5 Å². The molecule has 0 saturated heterocycles. The molecule has 0 aliphatic carbocycles. The van der Waals surface area contributed by atoms with Crippen molar-refractivity contribution < 1.29 is 4.74 Å². The van der Waals surface area contributed by atoms with Gasteiger partial charge in [-0.05, 0) is 40.8 Å². The Morgan fingerprint density at radius 1 is 1.12 bits per heavy atom. The summed E-state index contributed by atoms with van der Waals surface area (Å²) in [7, 11) is 0. The highest BCUT2D eigenvalue weighted by Crippen LogP contribution is 2.11. The lowest BCUT2D eigenvalue weighted by molar-refractivity contribution is -0.0485. The molecule has 0 spiro atoms. The van der Waals surface area contributed by atoms with Crippen LogP contribution in [0.5, 0.6) is 0 Å². The van der Waals surface area contributed by atoms with E-state index in [0.29, 0.717) is 0 Å². The lowest BCUT2D eigenvalue weighted by atomic mass is 10.1. The van der Waals surface area contributed by atoms with Gasteiger partial charge in [-0.2, -0.15) is 0 Å². The second-order valence-electron chi connectivity index (χ2n) is 5.06. The maximum Gasteiger partial charge on any atom is 0.0663 e. The van der Waals surface area contributed by atoms with Crippen molar-refractivity contribution in [1.82, 2.24) is 4.90 Å². The number of hydrogen-bond donors (Lipinski definition) is 0. The molecule has 0 aromatic heterocycles. The predicted octanol–water partition coefficient (Wildman–Crippen LogP) is 2.93. The summed E-state index contributed by atoms with van der Waals surface area (Å²) in [5.41, 5.74) is -0.0695. The molecule has 0 rings (SSSR count). The minimum Gasteiger partial charge on any atom is -0.372 e. The molecule has 0 aromatic rings. The van der Waals surface area contributed by atoms with Crippen LogP contribution in [0.4, 0.5) is 0 Å². The van der Waals surface area contributed by atoms with E-state index in [1.165, 1.54) is 0 Å². The Labute approximate surface area is 101 Å². The van der Waals surface area contributed by atoms with Gasteiger partial charge in [0.05, 0.1) is 18.2 Å². The van der Waals surface area contributed by atoms with E-state index in [2.05, 4.69) is 58.3 Å². The van der Waals surface area contributed by atoms with E-state index >= 15 is 0 Å². The lowest BCUT2D eigenvalue weighted by Crippen LogP contribution is -2.25. The van der Waals surface area contributed by atoms with E-state index in [9.17, 15) is 0 Å². The summed E-state index contributed by atoms with van der Waals surface area (Å²) < 4.78 is 5.78. The molecule has 94 valence electrons. The average Bonchev–Trinajstić information content (AvgIpc) is 2.15. The van der Waals surface area contributed by atoms with Crippen LogP contribution in [0.1, 0.15) is 48.0 Å². The summed E-state index contributed by atoms with van der Waals surface area (Å²) in [5.74, 6) is 6.39. The Morgan fingerprint density at radius 2 is 1.69 bits per heavy atom. The molecule has 0 saturated carbocycles. The van der Waals surface area contributed by atoms with Gasteiger partial charge in [0.2, 0.25) is 0 Å². The maximum atomic E-state index is 5.78. The van der Waals surface area contributed by atoms with Gasteiger partial charge in [-0.3, -0.25) is 4.90 Å². The quantitative estimate of drug-likeness (QED) is 0.667. The van der Waals surface area contributed by atoms with E-state index in [4.69, 9.17) is 4.74 Å². The Morgan fingerprint density at radius 3 is 2.12 bits per heavy atom. The first kappa shape index (κ1) is 15.5. The molecule has 2 nitrogen and oxygen atoms in total. The van der Waals surface area contributed by atoms with Crippen LogP contribution < -0.4 is 0 Å². The molecule has 0 unspecified atom stereocenters. The summed E-state index contributed by atoms with van der Waals surface area (Å²) in [5, 5.41) is 0. The zero-order valence-corrected chi connectivity index (χ0v) is 11.8. The van der Waals surface area contributed by atoms with Gasteiger partial charge in [-0.25, -0.2) is 0 Å². The standard InChI is InChI=1S/C14H27NO/c1-7-15(8-2)12-10-9-11-13(3)16-14(4,5)6/h13H,7-8,11-12H2,1-6H3/t13-/m1/s1. The second-order valence-corrected chi connectivity index (χ2v) is 5.06. The molecule has 0 aromatic carbocycles. The van der Waals surface area contributed by atoms with Gasteiger partial charge in [-0.15, -0.1) is 0 Å². The third-order valence-corrected chi connectivity index (χ3v) is 2.27. The van der Waals surface area contributed by atoms with Crippen molar-refractivity contribution in [3.63, 3.8) is 0 Å². The van der Waals surface area contributed by atoms with Crippen LogP contribution in [-0.2, 0) is 4.74 Å². The smallest absolute Gasteiger partial charge is 0.0663 e. The summed E-state index contributed by atoms with van der Waals surface area (Å²) in [6.07, 6.45) is 1.03. The van der Waals surface area contributed by atoms with E-state index in [1.54, 1.807) is 0 Å². The highest BCUT2D eigenvalue weighted by molar-refractivity contribution is 5.02. The Balaban J connectivity index is 3.83. The second kappa shape index (κ2) is 7.70. The average molecular weight is 225 g/mol. The van der Waals surface area contributed by atoms with Crippen LogP contribution >= 0.6 is 0 Å². The van der Waals surface area contributed by atoms with Crippen LogP contribution in [0.2, 0.25) is 0 Å². The number of nitrogens with zero attached hydrogens (tertiary/aromatic N) is 1. The first-order valence-electron chi connectivity index (χ1n) is 6.25. The Hall–Kier alpha value is -0.520. The predicted molar refractivity (Wildman–Crippen MR) is 70.5 cm³/mol. The van der Waals surface area contributed by atoms with E-state index < -0.39 is 0 Å². The molecule has 0 amide bonds. The summed E-state index contributed by atoms with van der Waals surface area (Å²) in [4.78, 5) is 2.31. The van der Waals surface area contributed by atoms with Crippen LogP contribution in [-0.4, -0.2) is 36.2 Å². The summed E-state index contributed by atoms with van der Waals surface area (Å²) in [6, 6.07) is 0. The fourth-order valence-electron chi connectivity index (χ4n) is 1.48. The zero-order chi connectivity index (χ0) is 12.6. The van der Waals surface area contributed by atoms with E-state index in [-0.39, 0.29) is 11.7 Å². The number of ether oxygens (including phenoxy) is 1. The maximum absolute atomic E-state index is 5.78. The number of hydrogen-bond acceptors (Lipinski definition) is 2. The van der Waals surface area contributed by atoms with Gasteiger partial charge in [0, 0.05) is 6.42 Å². The SMILES string of the molecule is CCN(CC)CC#CC[C@@H](C)OC(C)(C)C. The first-order valence-corrected chi connectivity index (χ1v) is 6.25. The van der Waals surface area contributed by atoms with Crippen molar-refractivity contribution in [1.29, 1.82) is 0 Å². The fraction of sp³-hybridized carbons (Fsp3) is 0.857. The third-order valence-electron chi connectivity index (χ3n) is 2.27. The van der Waals surface area contributed by atoms with Crippen LogP contribution in [0.3, 0.4) is 0 Å². The third kappa shape index (κ3) is 8.76.